The number of nitrogens with two attached hydrogens (primary N) is 1. The fraction of sp³-hybridized carbons (Fsp3) is 0. The van der Waals surface area contributed by atoms with Crippen LogP contribution in [0.4, 0.5) is 16.2 Å². The second kappa shape index (κ2) is 4.95. The molecule has 120 valence electrons. The molecule has 0 aliphatic carbocycles. The summed E-state index contributed by atoms with van der Waals surface area (Å²) in [5.74, 6) is 0. The number of hydrogen-bond donors (Lipinski definition) is 1. The number of primary amides is 1. The number of benzene rings is 2. The third kappa shape index (κ3) is 1.83. The summed E-state index contributed by atoms with van der Waals surface area (Å²) in [7, 11) is 0. The van der Waals surface area contributed by atoms with E-state index < -0.39 is 6.03 Å². The molecule has 5 rings (SSSR count). The van der Waals surface area contributed by atoms with Crippen molar-refractivity contribution in [2.45, 2.75) is 0 Å². The van der Waals surface area contributed by atoms with E-state index >= 15 is 0 Å². The molecule has 0 saturated heterocycles. The van der Waals surface area contributed by atoms with Crippen molar-refractivity contribution < 1.29 is 4.79 Å². The molecule has 1 aliphatic rings. The van der Waals surface area contributed by atoms with Crippen LogP contribution in [0.25, 0.3) is 28.2 Å². The third-order valence-electron chi connectivity index (χ3n) is 4.55. The second-order valence-electron chi connectivity index (χ2n) is 5.95. The zero-order valence-corrected chi connectivity index (χ0v) is 13.3. The molecule has 2 aromatic heterocycles. The van der Waals surface area contributed by atoms with Crippen LogP contribution in [0, 0.1) is 0 Å². The number of imidazole rings is 1. The number of pyridine rings is 1. The molecule has 5 heteroatoms. The summed E-state index contributed by atoms with van der Waals surface area (Å²) in [5.41, 5.74) is 11.7. The van der Waals surface area contributed by atoms with E-state index in [1.54, 1.807) is 4.90 Å². The lowest BCUT2D eigenvalue weighted by molar-refractivity contribution is 0.256. The van der Waals surface area contributed by atoms with Crippen LogP contribution in [0.3, 0.4) is 0 Å². The number of carbonyl (C=O) groups excluding carboxylic acids is 1. The smallest absolute Gasteiger partial charge is 0.323 e. The maximum Gasteiger partial charge on any atom is 0.323 e. The van der Waals surface area contributed by atoms with Gasteiger partial charge in [0.15, 0.2) is 0 Å². The molecule has 0 saturated carbocycles. The van der Waals surface area contributed by atoms with Gasteiger partial charge in [0.2, 0.25) is 0 Å². The van der Waals surface area contributed by atoms with Gasteiger partial charge >= 0.3 is 6.03 Å². The van der Waals surface area contributed by atoms with Crippen LogP contribution in [-0.2, 0) is 0 Å². The van der Waals surface area contributed by atoms with E-state index in [1.165, 1.54) is 0 Å². The number of fused-ring (bicyclic) bond motifs is 7. The van der Waals surface area contributed by atoms with Gasteiger partial charge in [-0.2, -0.15) is 0 Å². The summed E-state index contributed by atoms with van der Waals surface area (Å²) in [6, 6.07) is 20.9. The maximum absolute atomic E-state index is 12.3. The minimum absolute atomic E-state index is 0.514. The molecule has 2 amide bonds. The van der Waals surface area contributed by atoms with Crippen molar-refractivity contribution in [2.24, 2.45) is 5.73 Å². The maximum atomic E-state index is 12.3. The number of urea groups is 1. The first-order valence-electron chi connectivity index (χ1n) is 8.01. The van der Waals surface area contributed by atoms with Crippen LogP contribution in [0.15, 0.2) is 72.9 Å². The first kappa shape index (κ1) is 13.8. The van der Waals surface area contributed by atoms with Crippen molar-refractivity contribution in [3.63, 3.8) is 0 Å². The Morgan fingerprint density at radius 2 is 1.48 bits per heavy atom. The third-order valence-corrected chi connectivity index (χ3v) is 4.55. The predicted octanol–water partition coefficient (Wildman–Crippen LogP) is 4.20. The highest BCUT2D eigenvalue weighted by Gasteiger charge is 2.30. The van der Waals surface area contributed by atoms with E-state index in [1.807, 2.05) is 72.9 Å². The Bertz CT molecular complexity index is 1150. The van der Waals surface area contributed by atoms with Crippen LogP contribution in [-0.4, -0.2) is 15.4 Å². The molecule has 2 aromatic carbocycles. The van der Waals surface area contributed by atoms with Crippen molar-refractivity contribution in [1.29, 1.82) is 0 Å². The molecule has 5 nitrogen and oxygen atoms in total. The van der Waals surface area contributed by atoms with Crippen molar-refractivity contribution in [3.05, 3.63) is 72.9 Å². The van der Waals surface area contributed by atoms with Crippen molar-refractivity contribution in [1.82, 2.24) is 9.38 Å². The molecule has 3 heterocycles. The Labute approximate surface area is 144 Å². The fourth-order valence-corrected chi connectivity index (χ4v) is 3.55. The quantitative estimate of drug-likeness (QED) is 0.526. The summed E-state index contributed by atoms with van der Waals surface area (Å²) in [6.07, 6.45) is 1.99. The lowest BCUT2D eigenvalue weighted by Gasteiger charge is -2.22. The molecule has 0 fully saturated rings. The highest BCUT2D eigenvalue weighted by atomic mass is 16.2. The molecule has 4 aromatic rings. The number of hydrogen-bond acceptors (Lipinski definition) is 2. The minimum Gasteiger partial charge on any atom is -0.351 e. The molecule has 25 heavy (non-hydrogen) atoms. The Morgan fingerprint density at radius 3 is 2.24 bits per heavy atom. The molecule has 0 atom stereocenters. The first-order chi connectivity index (χ1) is 12.3. The molecule has 0 radical (unpaired) electrons. The zero-order valence-electron chi connectivity index (χ0n) is 13.3. The van der Waals surface area contributed by atoms with Gasteiger partial charge in [-0.05, 0) is 24.3 Å². The van der Waals surface area contributed by atoms with Crippen LogP contribution >= 0.6 is 0 Å². The molecule has 0 spiro atoms. The lowest BCUT2D eigenvalue weighted by atomic mass is 10.1. The summed E-state index contributed by atoms with van der Waals surface area (Å²) in [5, 5.41) is 0. The van der Waals surface area contributed by atoms with Gasteiger partial charge in [0.05, 0.1) is 22.8 Å². The summed E-state index contributed by atoms with van der Waals surface area (Å²) in [4.78, 5) is 18.7. The lowest BCUT2D eigenvalue weighted by Crippen LogP contribution is -2.31. The van der Waals surface area contributed by atoms with Crippen LogP contribution in [0.5, 0.6) is 0 Å². The molecule has 1 aliphatic heterocycles. The molecule has 0 unspecified atom stereocenters. The number of anilines is 2. The fourth-order valence-electron chi connectivity index (χ4n) is 3.55. The van der Waals surface area contributed by atoms with Gasteiger partial charge in [0.1, 0.15) is 5.65 Å². The summed E-state index contributed by atoms with van der Waals surface area (Å²) < 4.78 is 2.05. The Kier molecular flexibility index (Phi) is 2.73. The zero-order chi connectivity index (χ0) is 17.0. The van der Waals surface area contributed by atoms with Crippen LogP contribution < -0.4 is 10.6 Å². The normalized spacial score (nSPS) is 12.2. The van der Waals surface area contributed by atoms with Crippen LogP contribution in [0.2, 0.25) is 0 Å². The van der Waals surface area contributed by atoms with Gasteiger partial charge in [0.25, 0.3) is 0 Å². The number of nitrogens with zero attached hydrogens (tertiary/aromatic N) is 3. The SMILES string of the molecule is NC(=O)N1c2ccccc2-c2nc3ccccn3c2-c2ccccc21. The van der Waals surface area contributed by atoms with Gasteiger partial charge in [-0.1, -0.05) is 42.5 Å². The Hall–Kier alpha value is -3.60. The van der Waals surface area contributed by atoms with Gasteiger partial charge in [0, 0.05) is 17.3 Å². The van der Waals surface area contributed by atoms with Gasteiger partial charge in [-0.25, -0.2) is 9.78 Å². The van der Waals surface area contributed by atoms with Crippen LogP contribution in [0.1, 0.15) is 0 Å². The van der Waals surface area contributed by atoms with Gasteiger partial charge in [-0.15, -0.1) is 0 Å². The average molecular weight is 326 g/mol. The van der Waals surface area contributed by atoms with E-state index in [-0.39, 0.29) is 0 Å². The van der Waals surface area contributed by atoms with E-state index in [2.05, 4.69) is 4.40 Å². The van der Waals surface area contributed by atoms with Crippen molar-refractivity contribution in [3.8, 4) is 22.5 Å². The molecule has 2 N–H and O–H groups in total. The average Bonchev–Trinajstić information content (AvgIpc) is 2.96. The van der Waals surface area contributed by atoms with Crippen molar-refractivity contribution >= 4 is 23.1 Å². The highest BCUT2D eigenvalue weighted by molar-refractivity contribution is 6.09. The number of carbonyl (C=O) groups is 1. The van der Waals surface area contributed by atoms with Crippen molar-refractivity contribution in [2.75, 3.05) is 4.90 Å². The van der Waals surface area contributed by atoms with E-state index in [9.17, 15) is 4.79 Å². The van der Waals surface area contributed by atoms with Gasteiger partial charge < -0.3 is 5.73 Å². The molecular formula is C20H14N4O. The topological polar surface area (TPSA) is 63.6 Å². The monoisotopic (exact) mass is 326 g/mol. The standard InChI is InChI=1S/C20H14N4O/c21-20(25)24-15-9-3-1-7-13(15)18-19(14-8-2-4-10-16(14)24)23-12-6-5-11-17(23)22-18/h1-12H,(H2,21,25). The number of rotatable bonds is 0. The number of amides is 2. The number of para-hydroxylation sites is 2. The summed E-state index contributed by atoms with van der Waals surface area (Å²) in [6.45, 7) is 0. The second-order valence-corrected chi connectivity index (χ2v) is 5.95. The highest BCUT2D eigenvalue weighted by Crippen LogP contribution is 2.47. The minimum atomic E-state index is -0.514. The van der Waals surface area contributed by atoms with E-state index in [0.29, 0.717) is 0 Å². The largest absolute Gasteiger partial charge is 0.351 e. The van der Waals surface area contributed by atoms with E-state index in [0.717, 1.165) is 39.5 Å². The molecular weight excluding hydrogens is 312 g/mol. The Balaban J connectivity index is 2.01. The van der Waals surface area contributed by atoms with E-state index in [4.69, 9.17) is 10.7 Å². The molecule has 0 bridgehead atoms. The Morgan fingerprint density at radius 1 is 0.840 bits per heavy atom. The first-order valence-corrected chi connectivity index (χ1v) is 8.01. The van der Waals surface area contributed by atoms with Gasteiger partial charge in [-0.3, -0.25) is 9.30 Å². The summed E-state index contributed by atoms with van der Waals surface area (Å²) >= 11 is 0. The predicted molar refractivity (Wildman–Crippen MR) is 97.8 cm³/mol. The number of aromatic nitrogens is 2.